The molecule has 2 aliphatic rings. The first-order valence-electron chi connectivity index (χ1n) is 10.6. The fraction of sp³-hybridized carbons (Fsp3) is 0.391. The van der Waals surface area contributed by atoms with Crippen LogP contribution in [0.4, 0.5) is 21.5 Å². The maximum Gasteiger partial charge on any atom is 0.256 e. The first kappa shape index (κ1) is 21.1. The molecular formula is C23H27FN4O3. The van der Waals surface area contributed by atoms with Gasteiger partial charge in [-0.05, 0) is 42.5 Å². The average molecular weight is 426 g/mol. The molecule has 2 aromatic rings. The second-order valence-electron chi connectivity index (χ2n) is 7.77. The number of rotatable bonds is 4. The molecule has 7 nitrogen and oxygen atoms in total. The van der Waals surface area contributed by atoms with E-state index in [0.29, 0.717) is 63.7 Å². The zero-order chi connectivity index (χ0) is 21.8. The van der Waals surface area contributed by atoms with E-state index >= 15 is 0 Å². The van der Waals surface area contributed by atoms with Gasteiger partial charge in [-0.25, -0.2) is 4.39 Å². The topological polar surface area (TPSA) is 65.1 Å². The van der Waals surface area contributed by atoms with Crippen molar-refractivity contribution in [2.75, 3.05) is 67.6 Å². The molecule has 0 atom stereocenters. The molecule has 0 aromatic heterocycles. The van der Waals surface area contributed by atoms with E-state index in [0.717, 1.165) is 11.4 Å². The summed E-state index contributed by atoms with van der Waals surface area (Å²) in [4.78, 5) is 31.0. The van der Waals surface area contributed by atoms with Crippen LogP contribution in [0.5, 0.6) is 0 Å². The summed E-state index contributed by atoms with van der Waals surface area (Å²) in [5.41, 5.74) is 3.08. The lowest BCUT2D eigenvalue weighted by molar-refractivity contribution is -0.114. The standard InChI is InChI=1S/C23H27FN4O3/c1-17(29)25-19-4-7-21(22(16-19)27-12-14-31-15-13-27)23(30)28-10-8-26(9-11-28)20-5-2-18(24)3-6-20/h2-7,16H,8-15H2,1H3,(H,25,29). The molecule has 2 fully saturated rings. The van der Waals surface area contributed by atoms with E-state index in [-0.39, 0.29) is 17.6 Å². The number of carbonyl (C=O) groups is 2. The van der Waals surface area contributed by atoms with Gasteiger partial charge in [0.15, 0.2) is 0 Å². The van der Waals surface area contributed by atoms with E-state index in [1.807, 2.05) is 11.0 Å². The van der Waals surface area contributed by atoms with Gasteiger partial charge < -0.3 is 24.8 Å². The predicted octanol–water partition coefficient (Wildman–Crippen LogP) is 2.58. The summed E-state index contributed by atoms with van der Waals surface area (Å²) in [7, 11) is 0. The number of benzene rings is 2. The van der Waals surface area contributed by atoms with Gasteiger partial charge in [-0.1, -0.05) is 0 Å². The van der Waals surface area contributed by atoms with Crippen LogP contribution in [0.25, 0.3) is 0 Å². The van der Waals surface area contributed by atoms with E-state index in [9.17, 15) is 14.0 Å². The fourth-order valence-electron chi connectivity index (χ4n) is 4.05. The van der Waals surface area contributed by atoms with Gasteiger partial charge in [0.25, 0.3) is 5.91 Å². The third-order valence-corrected chi connectivity index (χ3v) is 5.66. The molecular weight excluding hydrogens is 399 g/mol. The first-order valence-corrected chi connectivity index (χ1v) is 10.6. The largest absolute Gasteiger partial charge is 0.378 e. The molecule has 0 aliphatic carbocycles. The Labute approximate surface area is 181 Å². The van der Waals surface area contributed by atoms with Crippen molar-refractivity contribution in [3.05, 3.63) is 53.8 Å². The van der Waals surface area contributed by atoms with E-state index in [1.165, 1.54) is 19.1 Å². The summed E-state index contributed by atoms with van der Waals surface area (Å²) in [5, 5.41) is 2.80. The molecule has 4 rings (SSSR count). The Hall–Kier alpha value is -3.13. The van der Waals surface area contributed by atoms with Crippen molar-refractivity contribution < 1.29 is 18.7 Å². The van der Waals surface area contributed by atoms with Crippen molar-refractivity contribution in [3.8, 4) is 0 Å². The quantitative estimate of drug-likeness (QED) is 0.814. The molecule has 2 aromatic carbocycles. The third kappa shape index (κ3) is 4.96. The van der Waals surface area contributed by atoms with E-state index in [2.05, 4.69) is 15.1 Å². The highest BCUT2D eigenvalue weighted by molar-refractivity contribution is 6.01. The summed E-state index contributed by atoms with van der Waals surface area (Å²) >= 11 is 0. The lowest BCUT2D eigenvalue weighted by atomic mass is 10.1. The van der Waals surface area contributed by atoms with Crippen molar-refractivity contribution in [1.82, 2.24) is 4.90 Å². The molecule has 0 unspecified atom stereocenters. The van der Waals surface area contributed by atoms with E-state index in [1.54, 1.807) is 24.3 Å². The third-order valence-electron chi connectivity index (χ3n) is 5.66. The van der Waals surface area contributed by atoms with Gasteiger partial charge in [-0.2, -0.15) is 0 Å². The number of ether oxygens (including phenoxy) is 1. The second-order valence-corrected chi connectivity index (χ2v) is 7.77. The zero-order valence-electron chi connectivity index (χ0n) is 17.6. The molecule has 1 N–H and O–H groups in total. The van der Waals surface area contributed by atoms with E-state index < -0.39 is 0 Å². The summed E-state index contributed by atoms with van der Waals surface area (Å²) in [5.74, 6) is -0.422. The first-order chi connectivity index (χ1) is 15.0. The highest BCUT2D eigenvalue weighted by Crippen LogP contribution is 2.28. The number of anilines is 3. The zero-order valence-corrected chi connectivity index (χ0v) is 17.6. The molecule has 31 heavy (non-hydrogen) atoms. The Morgan fingerprint density at radius 1 is 0.903 bits per heavy atom. The van der Waals surface area contributed by atoms with Crippen molar-refractivity contribution in [2.24, 2.45) is 0 Å². The van der Waals surface area contributed by atoms with Crippen LogP contribution >= 0.6 is 0 Å². The number of piperazine rings is 1. The number of hydrogen-bond acceptors (Lipinski definition) is 5. The van der Waals surface area contributed by atoms with Crippen molar-refractivity contribution in [3.63, 3.8) is 0 Å². The van der Waals surface area contributed by atoms with Gasteiger partial charge >= 0.3 is 0 Å². The smallest absolute Gasteiger partial charge is 0.256 e. The summed E-state index contributed by atoms with van der Waals surface area (Å²) in [6.45, 7) is 6.63. The molecule has 2 saturated heterocycles. The average Bonchev–Trinajstić information content (AvgIpc) is 2.79. The number of hydrogen-bond donors (Lipinski definition) is 1. The Bertz CT molecular complexity index is 936. The predicted molar refractivity (Wildman–Crippen MR) is 118 cm³/mol. The summed E-state index contributed by atoms with van der Waals surface area (Å²) < 4.78 is 18.7. The van der Waals surface area contributed by atoms with Crippen molar-refractivity contribution in [2.45, 2.75) is 6.92 Å². The van der Waals surface area contributed by atoms with Gasteiger partial charge in [0, 0.05) is 57.6 Å². The molecule has 164 valence electrons. The molecule has 0 bridgehead atoms. The van der Waals surface area contributed by atoms with Gasteiger partial charge in [-0.15, -0.1) is 0 Å². The molecule has 8 heteroatoms. The fourth-order valence-corrected chi connectivity index (χ4v) is 4.05. The maximum absolute atomic E-state index is 13.4. The van der Waals surface area contributed by atoms with Gasteiger partial charge in [0.05, 0.1) is 24.5 Å². The van der Waals surface area contributed by atoms with Crippen molar-refractivity contribution >= 4 is 28.9 Å². The molecule has 0 saturated carbocycles. The van der Waals surface area contributed by atoms with Crippen LogP contribution in [0.1, 0.15) is 17.3 Å². The molecule has 0 radical (unpaired) electrons. The lowest BCUT2D eigenvalue weighted by Gasteiger charge is -2.37. The highest BCUT2D eigenvalue weighted by atomic mass is 19.1. The molecule has 2 heterocycles. The van der Waals surface area contributed by atoms with Crippen LogP contribution < -0.4 is 15.1 Å². The second kappa shape index (κ2) is 9.34. The monoisotopic (exact) mass is 426 g/mol. The SMILES string of the molecule is CC(=O)Nc1ccc(C(=O)N2CCN(c3ccc(F)cc3)CC2)c(N2CCOCC2)c1. The molecule has 2 aliphatic heterocycles. The summed E-state index contributed by atoms with van der Waals surface area (Å²) in [6, 6.07) is 11.9. The minimum absolute atomic E-state index is 0.0189. The molecule has 2 amide bonds. The summed E-state index contributed by atoms with van der Waals surface area (Å²) in [6.07, 6.45) is 0. The van der Waals surface area contributed by atoms with Crippen LogP contribution in [0, 0.1) is 5.82 Å². The minimum Gasteiger partial charge on any atom is -0.378 e. The highest BCUT2D eigenvalue weighted by Gasteiger charge is 2.26. The number of nitrogens with one attached hydrogen (secondary N) is 1. The van der Waals surface area contributed by atoms with Gasteiger partial charge in [0.1, 0.15) is 5.82 Å². The van der Waals surface area contributed by atoms with Crippen LogP contribution in [0.15, 0.2) is 42.5 Å². The normalized spacial score (nSPS) is 16.9. The minimum atomic E-state index is -0.254. The van der Waals surface area contributed by atoms with Crippen LogP contribution in [0.2, 0.25) is 0 Å². The number of halogens is 1. The Morgan fingerprint density at radius 3 is 2.23 bits per heavy atom. The van der Waals surface area contributed by atoms with Crippen LogP contribution in [-0.4, -0.2) is 69.2 Å². The number of nitrogens with zero attached hydrogens (tertiary/aromatic N) is 3. The van der Waals surface area contributed by atoms with E-state index in [4.69, 9.17) is 4.74 Å². The Morgan fingerprint density at radius 2 is 1.58 bits per heavy atom. The number of carbonyl (C=O) groups excluding carboxylic acids is 2. The Kier molecular flexibility index (Phi) is 6.36. The van der Waals surface area contributed by atoms with Gasteiger partial charge in [0.2, 0.25) is 5.91 Å². The van der Waals surface area contributed by atoms with Crippen molar-refractivity contribution in [1.29, 1.82) is 0 Å². The number of morpholine rings is 1. The number of amides is 2. The van der Waals surface area contributed by atoms with Crippen LogP contribution in [0.3, 0.4) is 0 Å². The van der Waals surface area contributed by atoms with Gasteiger partial charge in [-0.3, -0.25) is 9.59 Å². The maximum atomic E-state index is 13.4. The lowest BCUT2D eigenvalue weighted by Crippen LogP contribution is -2.49. The van der Waals surface area contributed by atoms with Crippen LogP contribution in [-0.2, 0) is 9.53 Å². The molecule has 0 spiro atoms. The Balaban J connectivity index is 1.50.